The number of aliphatic imine (C=N–C) groups is 1. The van der Waals surface area contributed by atoms with E-state index >= 15 is 0 Å². The molecular formula is C23H19F3N2O2. The first-order valence-electron chi connectivity index (χ1n) is 9.03. The van der Waals surface area contributed by atoms with Crippen LogP contribution in [0.15, 0.2) is 77.8 Å². The summed E-state index contributed by atoms with van der Waals surface area (Å²) in [4.78, 5) is 18.3. The van der Waals surface area contributed by atoms with Crippen molar-refractivity contribution in [2.24, 2.45) is 4.99 Å². The normalized spacial score (nSPS) is 11.5. The molecule has 0 atom stereocenters. The highest BCUT2D eigenvalue weighted by Crippen LogP contribution is 2.30. The van der Waals surface area contributed by atoms with Crippen LogP contribution in [0.4, 0.5) is 24.5 Å². The minimum Gasteiger partial charge on any atom is -0.423 e. The molecule has 0 fully saturated rings. The highest BCUT2D eigenvalue weighted by atomic mass is 19.4. The number of ether oxygens (including phenoxy) is 1. The Morgan fingerprint density at radius 2 is 1.50 bits per heavy atom. The van der Waals surface area contributed by atoms with E-state index in [1.807, 2.05) is 31.1 Å². The second-order valence-electron chi connectivity index (χ2n) is 6.70. The minimum atomic E-state index is -4.37. The smallest absolute Gasteiger partial charge is 0.416 e. The topological polar surface area (TPSA) is 41.9 Å². The number of carbonyl (C=O) groups excluding carboxylic acids is 1. The molecule has 0 amide bonds. The van der Waals surface area contributed by atoms with Crippen molar-refractivity contribution in [2.45, 2.75) is 6.18 Å². The van der Waals surface area contributed by atoms with E-state index in [4.69, 9.17) is 4.74 Å². The lowest BCUT2D eigenvalue weighted by molar-refractivity contribution is -0.137. The maximum Gasteiger partial charge on any atom is 0.416 e. The third-order valence-corrected chi connectivity index (χ3v) is 4.27. The van der Waals surface area contributed by atoms with Crippen molar-refractivity contribution in [3.63, 3.8) is 0 Å². The van der Waals surface area contributed by atoms with Gasteiger partial charge in [-0.25, -0.2) is 4.79 Å². The lowest BCUT2D eigenvalue weighted by Crippen LogP contribution is -2.11. The molecule has 0 N–H and O–H groups in total. The molecule has 0 aromatic heterocycles. The van der Waals surface area contributed by atoms with E-state index in [0.29, 0.717) is 22.6 Å². The quantitative estimate of drug-likeness (QED) is 0.305. The van der Waals surface area contributed by atoms with Gasteiger partial charge in [0.15, 0.2) is 0 Å². The van der Waals surface area contributed by atoms with E-state index in [2.05, 4.69) is 4.99 Å². The molecule has 0 radical (unpaired) electrons. The maximum atomic E-state index is 12.6. The summed E-state index contributed by atoms with van der Waals surface area (Å²) >= 11 is 0. The van der Waals surface area contributed by atoms with Gasteiger partial charge in [-0.3, -0.25) is 4.99 Å². The van der Waals surface area contributed by atoms with Crippen LogP contribution < -0.4 is 9.64 Å². The fraction of sp³-hybridized carbons (Fsp3) is 0.130. The molecule has 0 aliphatic rings. The molecule has 0 saturated heterocycles. The molecule has 30 heavy (non-hydrogen) atoms. The summed E-state index contributed by atoms with van der Waals surface area (Å²) in [5.74, 6) is -0.0881. The predicted molar refractivity (Wildman–Crippen MR) is 111 cm³/mol. The zero-order valence-electron chi connectivity index (χ0n) is 16.4. The molecule has 3 aromatic rings. The molecule has 0 heterocycles. The number of esters is 1. The van der Waals surface area contributed by atoms with Gasteiger partial charge in [0.25, 0.3) is 0 Å². The summed E-state index contributed by atoms with van der Waals surface area (Å²) in [5, 5.41) is 0. The van der Waals surface area contributed by atoms with Crippen molar-refractivity contribution < 1.29 is 22.7 Å². The van der Waals surface area contributed by atoms with Crippen LogP contribution in [0.2, 0.25) is 0 Å². The lowest BCUT2D eigenvalue weighted by atomic mass is 10.2. The summed E-state index contributed by atoms with van der Waals surface area (Å²) in [7, 11) is 3.82. The van der Waals surface area contributed by atoms with E-state index in [9.17, 15) is 18.0 Å². The number of hydrogen-bond donors (Lipinski definition) is 0. The van der Waals surface area contributed by atoms with Crippen molar-refractivity contribution in [3.05, 3.63) is 89.5 Å². The van der Waals surface area contributed by atoms with E-state index in [1.165, 1.54) is 18.3 Å². The van der Waals surface area contributed by atoms with Gasteiger partial charge in [-0.05, 0) is 78.4 Å². The van der Waals surface area contributed by atoms with Gasteiger partial charge >= 0.3 is 12.1 Å². The Balaban J connectivity index is 1.61. The fourth-order valence-electron chi connectivity index (χ4n) is 2.57. The van der Waals surface area contributed by atoms with Gasteiger partial charge < -0.3 is 9.64 Å². The summed E-state index contributed by atoms with van der Waals surface area (Å²) in [5.41, 5.74) is 1.81. The van der Waals surface area contributed by atoms with Gasteiger partial charge in [0.1, 0.15) is 5.75 Å². The number of carbonyl (C=O) groups is 1. The first-order valence-corrected chi connectivity index (χ1v) is 9.03. The molecule has 3 aromatic carbocycles. The molecule has 0 saturated carbocycles. The maximum absolute atomic E-state index is 12.6. The van der Waals surface area contributed by atoms with Crippen LogP contribution in [0.1, 0.15) is 21.5 Å². The largest absolute Gasteiger partial charge is 0.423 e. The molecule has 154 valence electrons. The second-order valence-corrected chi connectivity index (χ2v) is 6.70. The van der Waals surface area contributed by atoms with Crippen molar-refractivity contribution in [2.75, 3.05) is 19.0 Å². The Hall–Kier alpha value is -3.61. The van der Waals surface area contributed by atoms with E-state index in [-0.39, 0.29) is 0 Å². The van der Waals surface area contributed by atoms with Crippen molar-refractivity contribution in [3.8, 4) is 5.75 Å². The highest BCUT2D eigenvalue weighted by Gasteiger charge is 2.29. The number of halogens is 3. The molecule has 7 heteroatoms. The summed E-state index contributed by atoms with van der Waals surface area (Å²) in [6.45, 7) is 0. The zero-order valence-corrected chi connectivity index (χ0v) is 16.4. The minimum absolute atomic E-state index is 0.378. The molecule has 0 spiro atoms. The Morgan fingerprint density at radius 3 is 2.03 bits per heavy atom. The first kappa shape index (κ1) is 21.1. The van der Waals surface area contributed by atoms with Crippen LogP contribution in [0.3, 0.4) is 0 Å². The van der Waals surface area contributed by atoms with Crippen LogP contribution in [-0.4, -0.2) is 26.3 Å². The first-order chi connectivity index (χ1) is 14.2. The lowest BCUT2D eigenvalue weighted by Gasteiger charge is -2.12. The fourth-order valence-corrected chi connectivity index (χ4v) is 2.57. The summed E-state index contributed by atoms with van der Waals surface area (Å²) in [6, 6.07) is 18.3. The van der Waals surface area contributed by atoms with Gasteiger partial charge in [-0.15, -0.1) is 0 Å². The van der Waals surface area contributed by atoms with Crippen LogP contribution in [-0.2, 0) is 6.18 Å². The van der Waals surface area contributed by atoms with Gasteiger partial charge in [-0.2, -0.15) is 13.2 Å². The van der Waals surface area contributed by atoms with Crippen LogP contribution in [0, 0.1) is 0 Å². The molecule has 4 nitrogen and oxygen atoms in total. The van der Waals surface area contributed by atoms with Crippen molar-refractivity contribution >= 4 is 23.6 Å². The van der Waals surface area contributed by atoms with E-state index in [1.54, 1.807) is 36.4 Å². The standard InChI is InChI=1S/C23H19F3N2O2/c1-28(2)20-11-5-17(6-12-20)22(29)30-21-13-3-16(4-14-21)15-27-19-9-7-18(8-10-19)23(24,25)26/h3-15H,1-2H3. The van der Waals surface area contributed by atoms with Crippen LogP contribution in [0.25, 0.3) is 0 Å². The zero-order chi connectivity index (χ0) is 21.7. The summed E-state index contributed by atoms with van der Waals surface area (Å²) < 4.78 is 43.1. The Bertz CT molecular complexity index is 1020. The Kier molecular flexibility index (Phi) is 6.20. The van der Waals surface area contributed by atoms with Gasteiger partial charge in [-0.1, -0.05) is 0 Å². The SMILES string of the molecule is CN(C)c1ccc(C(=O)Oc2ccc(C=Nc3ccc(C(F)(F)F)cc3)cc2)cc1. The van der Waals surface area contributed by atoms with Gasteiger partial charge in [0, 0.05) is 26.0 Å². The van der Waals surface area contributed by atoms with Crippen LogP contribution >= 0.6 is 0 Å². The predicted octanol–water partition coefficient (Wildman–Crippen LogP) is 5.74. The van der Waals surface area contributed by atoms with Gasteiger partial charge in [0.2, 0.25) is 0 Å². The summed E-state index contributed by atoms with van der Waals surface area (Å²) in [6.07, 6.45) is -2.85. The average Bonchev–Trinajstić information content (AvgIpc) is 2.73. The number of alkyl halides is 3. The second kappa shape index (κ2) is 8.82. The number of benzene rings is 3. The number of rotatable bonds is 5. The molecule has 3 rings (SSSR count). The third-order valence-electron chi connectivity index (χ3n) is 4.27. The number of hydrogen-bond acceptors (Lipinski definition) is 4. The van der Waals surface area contributed by atoms with Crippen molar-refractivity contribution in [1.29, 1.82) is 0 Å². The Morgan fingerprint density at radius 1 is 0.900 bits per heavy atom. The van der Waals surface area contributed by atoms with Crippen molar-refractivity contribution in [1.82, 2.24) is 0 Å². The average molecular weight is 412 g/mol. The van der Waals surface area contributed by atoms with Gasteiger partial charge in [0.05, 0.1) is 16.8 Å². The van der Waals surface area contributed by atoms with E-state index in [0.717, 1.165) is 17.8 Å². The molecule has 0 aliphatic carbocycles. The number of anilines is 1. The molecular weight excluding hydrogens is 393 g/mol. The van der Waals surface area contributed by atoms with E-state index < -0.39 is 17.7 Å². The number of nitrogens with zero attached hydrogens (tertiary/aromatic N) is 2. The van der Waals surface area contributed by atoms with Crippen LogP contribution in [0.5, 0.6) is 5.75 Å². The third kappa shape index (κ3) is 5.47. The molecule has 0 aliphatic heterocycles. The highest BCUT2D eigenvalue weighted by molar-refractivity contribution is 5.91. The molecule has 0 unspecified atom stereocenters. The Labute approximate surface area is 172 Å². The monoisotopic (exact) mass is 412 g/mol. The molecule has 0 bridgehead atoms.